The fraction of sp³-hybridized carbons (Fsp3) is 0.0500. The highest BCUT2D eigenvalue weighted by atomic mass is 35.5. The summed E-state index contributed by atoms with van der Waals surface area (Å²) in [5.41, 5.74) is 9.88. The molecule has 3 aromatic carbocycles. The van der Waals surface area contributed by atoms with Crippen molar-refractivity contribution in [2.75, 3.05) is 5.73 Å². The molecule has 5 heteroatoms. The van der Waals surface area contributed by atoms with Crippen LogP contribution in [0.1, 0.15) is 16.7 Å². The van der Waals surface area contributed by atoms with Gasteiger partial charge >= 0.3 is 0 Å². The van der Waals surface area contributed by atoms with Gasteiger partial charge in [-0.3, -0.25) is 0 Å². The van der Waals surface area contributed by atoms with Crippen LogP contribution in [0.2, 0.25) is 10.0 Å². The molecule has 0 atom stereocenters. The van der Waals surface area contributed by atoms with E-state index in [4.69, 9.17) is 33.8 Å². The van der Waals surface area contributed by atoms with Crippen molar-refractivity contribution in [1.29, 1.82) is 0 Å². The number of oxime groups is 1. The first-order chi connectivity index (χ1) is 12.1. The number of benzene rings is 3. The molecule has 0 aliphatic heterocycles. The number of halogens is 2. The topological polar surface area (TPSA) is 47.6 Å². The third-order valence-electron chi connectivity index (χ3n) is 3.59. The molecule has 0 spiro atoms. The van der Waals surface area contributed by atoms with E-state index in [2.05, 4.69) is 5.16 Å². The van der Waals surface area contributed by atoms with E-state index in [0.717, 1.165) is 16.7 Å². The van der Waals surface area contributed by atoms with Gasteiger partial charge in [-0.05, 0) is 35.9 Å². The normalized spacial score (nSPS) is 11.4. The van der Waals surface area contributed by atoms with Crippen molar-refractivity contribution in [2.24, 2.45) is 5.16 Å². The third-order valence-corrected chi connectivity index (χ3v) is 4.06. The van der Waals surface area contributed by atoms with Crippen molar-refractivity contribution in [1.82, 2.24) is 0 Å². The summed E-state index contributed by atoms with van der Waals surface area (Å²) in [4.78, 5) is 5.57. The largest absolute Gasteiger partial charge is 0.398 e. The summed E-state index contributed by atoms with van der Waals surface area (Å²) < 4.78 is 0. The van der Waals surface area contributed by atoms with Gasteiger partial charge in [0.15, 0.2) is 0 Å². The Morgan fingerprint density at radius 1 is 0.880 bits per heavy atom. The molecule has 0 radical (unpaired) electrons. The van der Waals surface area contributed by atoms with Crippen LogP contribution in [0.5, 0.6) is 0 Å². The molecule has 0 saturated heterocycles. The van der Waals surface area contributed by atoms with Crippen LogP contribution >= 0.6 is 23.2 Å². The Morgan fingerprint density at radius 3 is 2.40 bits per heavy atom. The van der Waals surface area contributed by atoms with Crippen LogP contribution in [-0.4, -0.2) is 5.71 Å². The van der Waals surface area contributed by atoms with Gasteiger partial charge in [-0.25, -0.2) is 0 Å². The van der Waals surface area contributed by atoms with Crippen LogP contribution in [-0.2, 0) is 11.4 Å². The SMILES string of the molecule is Nc1ccc(Cl)cc1/C(=N/OCc1cccc(Cl)c1)c1ccccc1. The lowest BCUT2D eigenvalue weighted by Gasteiger charge is -2.10. The Morgan fingerprint density at radius 2 is 1.64 bits per heavy atom. The monoisotopic (exact) mass is 370 g/mol. The number of nitrogens with two attached hydrogens (primary N) is 1. The van der Waals surface area contributed by atoms with Crippen LogP contribution in [0.3, 0.4) is 0 Å². The summed E-state index contributed by atoms with van der Waals surface area (Å²) in [6, 6.07) is 22.4. The van der Waals surface area contributed by atoms with Crippen LogP contribution in [0, 0.1) is 0 Å². The highest BCUT2D eigenvalue weighted by molar-refractivity contribution is 6.31. The van der Waals surface area contributed by atoms with E-state index in [1.807, 2.05) is 54.6 Å². The molecule has 3 nitrogen and oxygen atoms in total. The van der Waals surface area contributed by atoms with Gasteiger partial charge in [0.1, 0.15) is 12.3 Å². The van der Waals surface area contributed by atoms with Crippen molar-refractivity contribution < 1.29 is 4.84 Å². The lowest BCUT2D eigenvalue weighted by atomic mass is 10.0. The fourth-order valence-corrected chi connectivity index (χ4v) is 2.77. The van der Waals surface area contributed by atoms with E-state index in [0.29, 0.717) is 28.1 Å². The maximum atomic E-state index is 6.13. The van der Waals surface area contributed by atoms with Gasteiger partial charge in [0.2, 0.25) is 0 Å². The molecule has 2 N–H and O–H groups in total. The molecule has 0 unspecified atom stereocenters. The Labute approximate surface area is 156 Å². The van der Waals surface area contributed by atoms with Gasteiger partial charge in [-0.1, -0.05) is 70.8 Å². The first-order valence-corrected chi connectivity index (χ1v) is 8.44. The first-order valence-electron chi connectivity index (χ1n) is 7.69. The third kappa shape index (κ3) is 4.53. The highest BCUT2D eigenvalue weighted by Crippen LogP contribution is 2.22. The van der Waals surface area contributed by atoms with E-state index in [1.54, 1.807) is 18.2 Å². The average molecular weight is 371 g/mol. The minimum Gasteiger partial charge on any atom is -0.398 e. The van der Waals surface area contributed by atoms with Crippen molar-refractivity contribution in [2.45, 2.75) is 6.61 Å². The molecule has 0 aliphatic rings. The predicted molar refractivity (Wildman–Crippen MR) is 104 cm³/mol. The van der Waals surface area contributed by atoms with Crippen LogP contribution in [0.15, 0.2) is 78.0 Å². The minimum absolute atomic E-state index is 0.303. The summed E-state index contributed by atoms with van der Waals surface area (Å²) in [6.45, 7) is 0.303. The van der Waals surface area contributed by atoms with Crippen LogP contribution in [0.25, 0.3) is 0 Å². The lowest BCUT2D eigenvalue weighted by molar-refractivity contribution is 0.131. The van der Waals surface area contributed by atoms with Crippen molar-refractivity contribution >= 4 is 34.6 Å². The Bertz CT molecular complexity index is 895. The second kappa shape index (κ2) is 8.06. The molecular weight excluding hydrogens is 355 g/mol. The Balaban J connectivity index is 1.92. The van der Waals surface area contributed by atoms with Crippen molar-refractivity contribution in [3.63, 3.8) is 0 Å². The number of hydrogen-bond donors (Lipinski definition) is 1. The van der Waals surface area contributed by atoms with Gasteiger partial charge in [-0.15, -0.1) is 0 Å². The molecule has 0 aliphatic carbocycles. The maximum Gasteiger partial charge on any atom is 0.142 e. The summed E-state index contributed by atoms with van der Waals surface area (Å²) in [6.07, 6.45) is 0. The zero-order chi connectivity index (χ0) is 17.6. The number of nitrogen functional groups attached to an aromatic ring is 1. The van der Waals surface area contributed by atoms with Gasteiger partial charge in [0.25, 0.3) is 0 Å². The predicted octanol–water partition coefficient (Wildman–Crippen LogP) is 5.54. The summed E-state index contributed by atoms with van der Waals surface area (Å²) in [5.74, 6) is 0. The smallest absolute Gasteiger partial charge is 0.142 e. The first kappa shape index (κ1) is 17.3. The molecule has 0 saturated carbocycles. The Kier molecular flexibility index (Phi) is 5.59. The van der Waals surface area contributed by atoms with Crippen LogP contribution in [0.4, 0.5) is 5.69 Å². The molecule has 3 aromatic rings. The molecule has 3 rings (SSSR count). The lowest BCUT2D eigenvalue weighted by Crippen LogP contribution is -2.08. The number of nitrogens with zero attached hydrogens (tertiary/aromatic N) is 1. The molecule has 0 aromatic heterocycles. The van der Waals surface area contributed by atoms with E-state index >= 15 is 0 Å². The van der Waals surface area contributed by atoms with Gasteiger partial charge < -0.3 is 10.6 Å². The quantitative estimate of drug-likeness (QED) is 0.363. The molecule has 0 amide bonds. The van der Waals surface area contributed by atoms with E-state index in [1.165, 1.54) is 0 Å². The van der Waals surface area contributed by atoms with Crippen molar-refractivity contribution in [3.05, 3.63) is 99.5 Å². The molecule has 0 bridgehead atoms. The fourth-order valence-electron chi connectivity index (χ4n) is 2.39. The second-order valence-corrected chi connectivity index (χ2v) is 6.31. The molecule has 126 valence electrons. The summed E-state index contributed by atoms with van der Waals surface area (Å²) in [5, 5.41) is 5.57. The molecule has 0 fully saturated rings. The summed E-state index contributed by atoms with van der Waals surface area (Å²) >= 11 is 12.1. The van der Waals surface area contributed by atoms with E-state index in [-0.39, 0.29) is 0 Å². The van der Waals surface area contributed by atoms with Gasteiger partial charge in [-0.2, -0.15) is 0 Å². The second-order valence-electron chi connectivity index (χ2n) is 5.44. The highest BCUT2D eigenvalue weighted by Gasteiger charge is 2.12. The molecular formula is C20H16Cl2N2O. The van der Waals surface area contributed by atoms with Crippen LogP contribution < -0.4 is 5.73 Å². The zero-order valence-electron chi connectivity index (χ0n) is 13.3. The number of hydrogen-bond acceptors (Lipinski definition) is 3. The number of anilines is 1. The molecule has 25 heavy (non-hydrogen) atoms. The minimum atomic E-state index is 0.303. The zero-order valence-corrected chi connectivity index (χ0v) is 14.8. The number of rotatable bonds is 5. The van der Waals surface area contributed by atoms with Gasteiger partial charge in [0, 0.05) is 26.9 Å². The summed E-state index contributed by atoms with van der Waals surface area (Å²) in [7, 11) is 0. The van der Waals surface area contributed by atoms with Crippen molar-refractivity contribution in [3.8, 4) is 0 Å². The maximum absolute atomic E-state index is 6.13. The standard InChI is InChI=1S/C20H16Cl2N2O/c21-16-8-4-5-14(11-16)13-25-24-20(15-6-2-1-3-7-15)18-12-17(22)9-10-19(18)23/h1-12H,13,23H2/b24-20+. The van der Waals surface area contributed by atoms with E-state index < -0.39 is 0 Å². The van der Waals surface area contributed by atoms with Gasteiger partial charge in [0.05, 0.1) is 0 Å². The average Bonchev–Trinajstić information content (AvgIpc) is 2.62. The van der Waals surface area contributed by atoms with E-state index in [9.17, 15) is 0 Å². The Hall–Kier alpha value is -2.49. The molecule has 0 heterocycles.